The third-order valence-corrected chi connectivity index (χ3v) is 2.22. The van der Waals surface area contributed by atoms with E-state index in [2.05, 4.69) is 15.4 Å². The van der Waals surface area contributed by atoms with Crippen LogP contribution in [0.5, 0.6) is 0 Å². The zero-order valence-electron chi connectivity index (χ0n) is 7.80. The van der Waals surface area contributed by atoms with Crippen LogP contribution in [0.4, 0.5) is 27.9 Å². The minimum Gasteiger partial charge on any atom is -0.354 e. The number of nitrogens with one attached hydrogen (secondary N) is 1. The Kier molecular flexibility index (Phi) is 2.47. The van der Waals surface area contributed by atoms with E-state index >= 15 is 0 Å². The maximum absolute atomic E-state index is 12.5. The van der Waals surface area contributed by atoms with E-state index in [9.17, 15) is 22.0 Å². The molecule has 0 saturated heterocycles. The van der Waals surface area contributed by atoms with Crippen LogP contribution in [0.1, 0.15) is 24.7 Å². The number of hydrogen-bond acceptors (Lipinski definition) is 3. The lowest BCUT2D eigenvalue weighted by atomic mass is 10.2. The van der Waals surface area contributed by atoms with Crippen LogP contribution < -0.4 is 5.32 Å². The van der Waals surface area contributed by atoms with Crippen LogP contribution in [0.2, 0.25) is 0 Å². The molecular formula is C7H7F5N4. The molecule has 0 spiro atoms. The number of fused-ring (bicyclic) bond motifs is 1. The number of aromatic nitrogens is 3. The second-order valence-electron chi connectivity index (χ2n) is 3.31. The standard InChI is InChI=1S/C7H7F5N4/c8-4(9)5-14-6-13-2-1-3(7(10,11)12)16(6)15-5/h3-4H,1-2H2,(H,13,14,15). The van der Waals surface area contributed by atoms with E-state index in [1.807, 2.05) is 0 Å². The molecule has 1 aliphatic rings. The van der Waals surface area contributed by atoms with Gasteiger partial charge in [0.05, 0.1) is 0 Å². The fraction of sp³-hybridized carbons (Fsp3) is 0.714. The van der Waals surface area contributed by atoms with Crippen LogP contribution in [0, 0.1) is 0 Å². The van der Waals surface area contributed by atoms with Crippen molar-refractivity contribution in [1.29, 1.82) is 0 Å². The molecule has 0 bridgehead atoms. The summed E-state index contributed by atoms with van der Waals surface area (Å²) in [6.45, 7) is 0.0333. The third-order valence-electron chi connectivity index (χ3n) is 2.22. The fourth-order valence-electron chi connectivity index (χ4n) is 1.52. The van der Waals surface area contributed by atoms with Gasteiger partial charge >= 0.3 is 6.18 Å². The van der Waals surface area contributed by atoms with Gasteiger partial charge in [0, 0.05) is 6.54 Å². The largest absolute Gasteiger partial charge is 0.411 e. The van der Waals surface area contributed by atoms with Crippen molar-refractivity contribution in [2.75, 3.05) is 11.9 Å². The molecule has 2 heterocycles. The Morgan fingerprint density at radius 3 is 2.62 bits per heavy atom. The monoisotopic (exact) mass is 242 g/mol. The molecule has 1 aromatic heterocycles. The quantitative estimate of drug-likeness (QED) is 0.767. The summed E-state index contributed by atoms with van der Waals surface area (Å²) in [4.78, 5) is 3.30. The molecule has 1 N–H and O–H groups in total. The van der Waals surface area contributed by atoms with Gasteiger partial charge in [0.15, 0.2) is 6.04 Å². The highest BCUT2D eigenvalue weighted by Gasteiger charge is 2.44. The first-order valence-corrected chi connectivity index (χ1v) is 4.45. The minimum absolute atomic E-state index is 0.0333. The Labute approximate surface area is 86.5 Å². The van der Waals surface area contributed by atoms with Crippen LogP contribution >= 0.6 is 0 Å². The van der Waals surface area contributed by atoms with Crippen LogP contribution in [-0.4, -0.2) is 27.5 Å². The van der Waals surface area contributed by atoms with E-state index in [0.29, 0.717) is 4.68 Å². The van der Waals surface area contributed by atoms with Crippen molar-refractivity contribution >= 4 is 5.95 Å². The van der Waals surface area contributed by atoms with Gasteiger partial charge in [-0.2, -0.15) is 18.2 Å². The highest BCUT2D eigenvalue weighted by molar-refractivity contribution is 5.28. The number of nitrogens with zero attached hydrogens (tertiary/aromatic N) is 3. The maximum Gasteiger partial charge on any atom is 0.411 e. The van der Waals surface area contributed by atoms with Crippen molar-refractivity contribution in [3.05, 3.63) is 5.82 Å². The van der Waals surface area contributed by atoms with Gasteiger partial charge in [-0.15, -0.1) is 5.10 Å². The van der Waals surface area contributed by atoms with Gasteiger partial charge in [0.25, 0.3) is 6.43 Å². The Morgan fingerprint density at radius 1 is 1.38 bits per heavy atom. The van der Waals surface area contributed by atoms with Crippen LogP contribution in [-0.2, 0) is 0 Å². The van der Waals surface area contributed by atoms with Gasteiger partial charge in [-0.3, -0.25) is 0 Å². The zero-order chi connectivity index (χ0) is 11.9. The van der Waals surface area contributed by atoms with Crippen molar-refractivity contribution in [3.8, 4) is 0 Å². The predicted octanol–water partition coefficient (Wildman–Crippen LogP) is 2.13. The van der Waals surface area contributed by atoms with Crippen LogP contribution in [0.25, 0.3) is 0 Å². The molecule has 1 aromatic rings. The lowest BCUT2D eigenvalue weighted by Gasteiger charge is -2.25. The Hall–Kier alpha value is -1.41. The van der Waals surface area contributed by atoms with Crippen LogP contribution in [0.15, 0.2) is 0 Å². The number of rotatable bonds is 1. The summed E-state index contributed by atoms with van der Waals surface area (Å²) >= 11 is 0. The van der Waals surface area contributed by atoms with E-state index in [-0.39, 0.29) is 18.9 Å². The zero-order valence-corrected chi connectivity index (χ0v) is 7.80. The normalized spacial score (nSPS) is 20.8. The van der Waals surface area contributed by atoms with Crippen molar-refractivity contribution < 1.29 is 22.0 Å². The third kappa shape index (κ3) is 1.81. The SMILES string of the molecule is FC(F)c1nc2n(n1)C(C(F)(F)F)CCN2. The average molecular weight is 242 g/mol. The van der Waals surface area contributed by atoms with Crippen LogP contribution in [0.3, 0.4) is 0 Å². The topological polar surface area (TPSA) is 42.7 Å². The summed E-state index contributed by atoms with van der Waals surface area (Å²) in [6, 6.07) is -1.89. The Balaban J connectivity index is 2.38. The molecule has 0 amide bonds. The minimum atomic E-state index is -4.51. The summed E-state index contributed by atoms with van der Waals surface area (Å²) in [5.74, 6) is -1.15. The molecule has 0 saturated carbocycles. The lowest BCUT2D eigenvalue weighted by Crippen LogP contribution is -2.34. The molecule has 16 heavy (non-hydrogen) atoms. The van der Waals surface area contributed by atoms with Crippen molar-refractivity contribution in [3.63, 3.8) is 0 Å². The first-order chi connectivity index (χ1) is 7.39. The fourth-order valence-corrected chi connectivity index (χ4v) is 1.52. The Morgan fingerprint density at radius 2 is 2.06 bits per heavy atom. The number of halogens is 5. The first-order valence-electron chi connectivity index (χ1n) is 4.45. The molecule has 1 unspecified atom stereocenters. The van der Waals surface area contributed by atoms with E-state index < -0.39 is 24.5 Å². The van der Waals surface area contributed by atoms with E-state index in [1.54, 1.807) is 0 Å². The molecule has 0 aromatic carbocycles. The van der Waals surface area contributed by atoms with Gasteiger partial charge in [-0.1, -0.05) is 0 Å². The van der Waals surface area contributed by atoms with E-state index in [0.717, 1.165) is 0 Å². The van der Waals surface area contributed by atoms with Gasteiger partial charge in [0.1, 0.15) is 0 Å². The molecule has 0 fully saturated rings. The molecule has 2 rings (SSSR count). The van der Waals surface area contributed by atoms with E-state index in [1.165, 1.54) is 0 Å². The van der Waals surface area contributed by atoms with E-state index in [4.69, 9.17) is 0 Å². The number of hydrogen-bond donors (Lipinski definition) is 1. The first kappa shape index (κ1) is 11.1. The summed E-state index contributed by atoms with van der Waals surface area (Å²) in [7, 11) is 0. The van der Waals surface area contributed by atoms with Crippen molar-refractivity contribution in [2.45, 2.75) is 25.1 Å². The Bertz CT molecular complexity index is 385. The van der Waals surface area contributed by atoms with Gasteiger partial charge in [-0.25, -0.2) is 13.5 Å². The smallest absolute Gasteiger partial charge is 0.354 e. The van der Waals surface area contributed by atoms with Gasteiger partial charge in [0.2, 0.25) is 11.8 Å². The molecule has 0 aliphatic carbocycles. The molecule has 90 valence electrons. The van der Waals surface area contributed by atoms with Gasteiger partial charge < -0.3 is 5.32 Å². The average Bonchev–Trinajstić information content (AvgIpc) is 2.58. The molecule has 9 heteroatoms. The van der Waals surface area contributed by atoms with Crippen molar-refractivity contribution in [1.82, 2.24) is 14.8 Å². The van der Waals surface area contributed by atoms with Gasteiger partial charge in [-0.05, 0) is 6.42 Å². The summed E-state index contributed by atoms with van der Waals surface area (Å²) in [6.07, 6.45) is -7.74. The second kappa shape index (κ2) is 3.56. The molecular weight excluding hydrogens is 235 g/mol. The molecule has 4 nitrogen and oxygen atoms in total. The molecule has 0 radical (unpaired) electrons. The molecule has 1 aliphatic heterocycles. The number of anilines is 1. The highest BCUT2D eigenvalue weighted by atomic mass is 19.4. The second-order valence-corrected chi connectivity index (χ2v) is 3.31. The summed E-state index contributed by atoms with van der Waals surface area (Å²) in [5, 5.41) is 5.67. The number of alkyl halides is 5. The lowest BCUT2D eigenvalue weighted by molar-refractivity contribution is -0.172. The summed E-state index contributed by atoms with van der Waals surface area (Å²) in [5.41, 5.74) is 0. The predicted molar refractivity (Wildman–Crippen MR) is 43.2 cm³/mol. The highest BCUT2D eigenvalue weighted by Crippen LogP contribution is 2.37. The van der Waals surface area contributed by atoms with Crippen molar-refractivity contribution in [2.24, 2.45) is 0 Å². The molecule has 1 atom stereocenters. The summed E-state index contributed by atoms with van der Waals surface area (Å²) < 4.78 is 62.5. The maximum atomic E-state index is 12.5.